The standard InChI is InChI=1S/C11H18N4O/c1-8-4-10(12)14-11(13-8)6-15-3-2-9(5-15)7-16/h4,9,16H,2-3,5-7H2,1H3,(H2,12,13,14). The van der Waals surface area contributed by atoms with Crippen molar-refractivity contribution in [3.8, 4) is 0 Å². The Morgan fingerprint density at radius 2 is 2.38 bits per heavy atom. The molecule has 1 aliphatic heterocycles. The minimum Gasteiger partial charge on any atom is -0.396 e. The molecule has 0 aromatic carbocycles. The Balaban J connectivity index is 1.99. The summed E-state index contributed by atoms with van der Waals surface area (Å²) in [5.74, 6) is 1.71. The van der Waals surface area contributed by atoms with Gasteiger partial charge in [0.15, 0.2) is 0 Å². The maximum absolute atomic E-state index is 9.06. The van der Waals surface area contributed by atoms with Gasteiger partial charge in [0, 0.05) is 24.9 Å². The van der Waals surface area contributed by atoms with Crippen LogP contribution < -0.4 is 5.73 Å². The molecular weight excluding hydrogens is 204 g/mol. The van der Waals surface area contributed by atoms with Crippen LogP contribution in [-0.2, 0) is 6.54 Å². The van der Waals surface area contributed by atoms with Crippen molar-refractivity contribution >= 4 is 5.82 Å². The molecule has 1 unspecified atom stereocenters. The van der Waals surface area contributed by atoms with E-state index >= 15 is 0 Å². The van der Waals surface area contributed by atoms with Gasteiger partial charge in [0.25, 0.3) is 0 Å². The predicted octanol–water partition coefficient (Wildman–Crippen LogP) is 0.181. The lowest BCUT2D eigenvalue weighted by Gasteiger charge is -2.14. The second-order valence-electron chi connectivity index (χ2n) is 4.42. The molecule has 1 atom stereocenters. The van der Waals surface area contributed by atoms with Crippen LogP contribution in [-0.4, -0.2) is 39.7 Å². The zero-order valence-corrected chi connectivity index (χ0v) is 9.56. The average Bonchev–Trinajstić information content (AvgIpc) is 2.64. The lowest BCUT2D eigenvalue weighted by Crippen LogP contribution is -2.22. The number of aliphatic hydroxyl groups is 1. The van der Waals surface area contributed by atoms with Crippen LogP contribution in [0.4, 0.5) is 5.82 Å². The normalized spacial score (nSPS) is 21.5. The van der Waals surface area contributed by atoms with Gasteiger partial charge in [0.2, 0.25) is 0 Å². The summed E-state index contributed by atoms with van der Waals surface area (Å²) < 4.78 is 0. The van der Waals surface area contributed by atoms with Crippen LogP contribution >= 0.6 is 0 Å². The van der Waals surface area contributed by atoms with Gasteiger partial charge in [-0.1, -0.05) is 0 Å². The molecule has 0 amide bonds. The first-order valence-electron chi connectivity index (χ1n) is 5.60. The van der Waals surface area contributed by atoms with Gasteiger partial charge < -0.3 is 10.8 Å². The molecule has 1 saturated heterocycles. The molecule has 0 radical (unpaired) electrons. The van der Waals surface area contributed by atoms with Gasteiger partial charge in [-0.25, -0.2) is 9.97 Å². The topological polar surface area (TPSA) is 75.3 Å². The highest BCUT2D eigenvalue weighted by Crippen LogP contribution is 2.17. The zero-order valence-electron chi connectivity index (χ0n) is 9.56. The lowest BCUT2D eigenvalue weighted by atomic mass is 10.1. The third-order valence-electron chi connectivity index (χ3n) is 2.91. The molecule has 1 aromatic heterocycles. The number of hydrogen-bond donors (Lipinski definition) is 2. The van der Waals surface area contributed by atoms with Crippen molar-refractivity contribution in [1.29, 1.82) is 0 Å². The minimum atomic E-state index is 0.271. The molecule has 2 rings (SSSR count). The van der Waals surface area contributed by atoms with Gasteiger partial charge in [-0.2, -0.15) is 0 Å². The van der Waals surface area contributed by atoms with E-state index in [1.54, 1.807) is 6.07 Å². The van der Waals surface area contributed by atoms with Gasteiger partial charge >= 0.3 is 0 Å². The second-order valence-corrected chi connectivity index (χ2v) is 4.42. The van der Waals surface area contributed by atoms with E-state index in [9.17, 15) is 0 Å². The highest BCUT2D eigenvalue weighted by molar-refractivity contribution is 5.29. The fourth-order valence-electron chi connectivity index (χ4n) is 2.13. The second kappa shape index (κ2) is 4.76. The minimum absolute atomic E-state index is 0.271. The van der Waals surface area contributed by atoms with Crippen LogP contribution in [0.5, 0.6) is 0 Å². The highest BCUT2D eigenvalue weighted by atomic mass is 16.3. The molecule has 16 heavy (non-hydrogen) atoms. The number of rotatable bonds is 3. The third-order valence-corrected chi connectivity index (χ3v) is 2.91. The van der Waals surface area contributed by atoms with Crippen molar-refractivity contribution in [3.05, 3.63) is 17.6 Å². The Bertz CT molecular complexity index is 349. The molecule has 0 bridgehead atoms. The molecule has 88 valence electrons. The number of anilines is 1. The van der Waals surface area contributed by atoms with Crippen LogP contribution in [0.2, 0.25) is 0 Å². The number of aromatic nitrogens is 2. The number of aryl methyl sites for hydroxylation is 1. The molecule has 3 N–H and O–H groups in total. The molecule has 0 aliphatic carbocycles. The summed E-state index contributed by atoms with van der Waals surface area (Å²) in [5.41, 5.74) is 6.58. The summed E-state index contributed by atoms with van der Waals surface area (Å²) >= 11 is 0. The van der Waals surface area contributed by atoms with Crippen molar-refractivity contribution in [3.63, 3.8) is 0 Å². The average molecular weight is 222 g/mol. The zero-order chi connectivity index (χ0) is 11.5. The Hall–Kier alpha value is -1.20. The van der Waals surface area contributed by atoms with Crippen molar-refractivity contribution in [1.82, 2.24) is 14.9 Å². The monoisotopic (exact) mass is 222 g/mol. The number of hydrogen-bond acceptors (Lipinski definition) is 5. The molecule has 5 nitrogen and oxygen atoms in total. The Morgan fingerprint density at radius 3 is 3.00 bits per heavy atom. The predicted molar refractivity (Wildman–Crippen MR) is 61.7 cm³/mol. The van der Waals surface area contributed by atoms with Gasteiger partial charge in [-0.15, -0.1) is 0 Å². The van der Waals surface area contributed by atoms with Crippen LogP contribution in [0, 0.1) is 12.8 Å². The number of nitrogens with zero attached hydrogens (tertiary/aromatic N) is 3. The lowest BCUT2D eigenvalue weighted by molar-refractivity contribution is 0.219. The molecule has 1 fully saturated rings. The van der Waals surface area contributed by atoms with Gasteiger partial charge in [-0.3, -0.25) is 4.90 Å². The van der Waals surface area contributed by atoms with E-state index in [1.807, 2.05) is 6.92 Å². The fraction of sp³-hybridized carbons (Fsp3) is 0.636. The molecule has 0 spiro atoms. The maximum atomic E-state index is 9.06. The van der Waals surface area contributed by atoms with Crippen molar-refractivity contribution in [2.45, 2.75) is 19.9 Å². The summed E-state index contributed by atoms with van der Waals surface area (Å²) in [6, 6.07) is 1.77. The third kappa shape index (κ3) is 2.68. The van der Waals surface area contributed by atoms with E-state index in [-0.39, 0.29) is 6.61 Å². The van der Waals surface area contributed by atoms with E-state index in [2.05, 4.69) is 14.9 Å². The summed E-state index contributed by atoms with van der Waals surface area (Å²) in [6.07, 6.45) is 1.05. The summed E-state index contributed by atoms with van der Waals surface area (Å²) in [6.45, 7) is 4.84. The largest absolute Gasteiger partial charge is 0.396 e. The molecule has 5 heteroatoms. The summed E-state index contributed by atoms with van der Waals surface area (Å²) in [7, 11) is 0. The number of aliphatic hydroxyl groups excluding tert-OH is 1. The van der Waals surface area contributed by atoms with Crippen molar-refractivity contribution < 1.29 is 5.11 Å². The van der Waals surface area contributed by atoms with Gasteiger partial charge in [-0.05, 0) is 25.8 Å². The molecule has 1 aliphatic rings. The van der Waals surface area contributed by atoms with Crippen LogP contribution in [0.15, 0.2) is 6.07 Å². The number of likely N-dealkylation sites (tertiary alicyclic amines) is 1. The Kier molecular flexibility index (Phi) is 3.36. The van der Waals surface area contributed by atoms with E-state index in [0.717, 1.165) is 37.6 Å². The quantitative estimate of drug-likeness (QED) is 0.763. The van der Waals surface area contributed by atoms with Crippen molar-refractivity contribution in [2.24, 2.45) is 5.92 Å². The fourth-order valence-corrected chi connectivity index (χ4v) is 2.13. The molecule has 2 heterocycles. The number of nitrogen functional groups attached to an aromatic ring is 1. The highest BCUT2D eigenvalue weighted by Gasteiger charge is 2.22. The molecule has 0 saturated carbocycles. The Labute approximate surface area is 95.3 Å². The van der Waals surface area contributed by atoms with E-state index in [1.165, 1.54) is 0 Å². The van der Waals surface area contributed by atoms with E-state index < -0.39 is 0 Å². The molecular formula is C11H18N4O. The van der Waals surface area contributed by atoms with Crippen LogP contribution in [0.1, 0.15) is 17.9 Å². The van der Waals surface area contributed by atoms with Gasteiger partial charge in [0.05, 0.1) is 6.54 Å². The smallest absolute Gasteiger partial charge is 0.144 e. The van der Waals surface area contributed by atoms with Gasteiger partial charge in [0.1, 0.15) is 11.6 Å². The van der Waals surface area contributed by atoms with Crippen LogP contribution in [0.3, 0.4) is 0 Å². The first-order chi connectivity index (χ1) is 7.67. The first kappa shape index (κ1) is 11.3. The summed E-state index contributed by atoms with van der Waals surface area (Å²) in [4.78, 5) is 10.8. The SMILES string of the molecule is Cc1cc(N)nc(CN2CCC(CO)C2)n1. The maximum Gasteiger partial charge on any atom is 0.144 e. The number of nitrogens with two attached hydrogens (primary N) is 1. The van der Waals surface area contributed by atoms with E-state index in [0.29, 0.717) is 11.7 Å². The van der Waals surface area contributed by atoms with Crippen LogP contribution in [0.25, 0.3) is 0 Å². The van der Waals surface area contributed by atoms with Crippen molar-refractivity contribution in [2.75, 3.05) is 25.4 Å². The first-order valence-corrected chi connectivity index (χ1v) is 5.60. The Morgan fingerprint density at radius 1 is 1.56 bits per heavy atom. The summed E-state index contributed by atoms with van der Waals surface area (Å²) in [5, 5.41) is 9.06. The van der Waals surface area contributed by atoms with E-state index in [4.69, 9.17) is 10.8 Å². The molecule has 1 aromatic rings.